The molecule has 6 nitrogen and oxygen atoms in total. The molecule has 1 fully saturated rings. The second kappa shape index (κ2) is 10.7. The zero-order valence-electron chi connectivity index (χ0n) is 19.5. The molecule has 4 rings (SSSR count). The van der Waals surface area contributed by atoms with E-state index in [4.69, 9.17) is 4.74 Å². The number of pyridine rings is 1. The monoisotopic (exact) mass is 454 g/mol. The molecule has 174 valence electrons. The number of hydrogen-bond donors (Lipinski definition) is 1. The van der Waals surface area contributed by atoms with Gasteiger partial charge in [0.2, 0.25) is 0 Å². The maximum Gasteiger partial charge on any atom is 0.343 e. The summed E-state index contributed by atoms with van der Waals surface area (Å²) in [4.78, 5) is 21.1. The molecule has 1 saturated heterocycles. The number of aromatic nitrogens is 1. The Bertz CT molecular complexity index is 1150. The highest BCUT2D eigenvalue weighted by atomic mass is 16.5. The number of ether oxygens (including phenoxy) is 1. The van der Waals surface area contributed by atoms with Crippen molar-refractivity contribution in [3.63, 3.8) is 0 Å². The number of nitrogens with one attached hydrogen (secondary N) is 1. The largest absolute Gasteiger partial charge is 0.423 e. The lowest BCUT2D eigenvalue weighted by Crippen LogP contribution is -2.46. The lowest BCUT2D eigenvalue weighted by molar-refractivity contribution is 0.0735. The number of carbonyl (C=O) groups is 1. The van der Waals surface area contributed by atoms with Crippen molar-refractivity contribution in [2.24, 2.45) is 0 Å². The van der Waals surface area contributed by atoms with Gasteiger partial charge >= 0.3 is 5.97 Å². The summed E-state index contributed by atoms with van der Waals surface area (Å²) in [6, 6.07) is 20.7. The third-order valence-electron chi connectivity index (χ3n) is 5.90. The quantitative estimate of drug-likeness (QED) is 0.399. The summed E-state index contributed by atoms with van der Waals surface area (Å²) in [5.74, 6) is 0.191. The fourth-order valence-corrected chi connectivity index (χ4v) is 3.90. The number of anilines is 1. The molecule has 3 aromatic rings. The Hall–Kier alpha value is -4.06. The van der Waals surface area contributed by atoms with Gasteiger partial charge in [-0.25, -0.2) is 4.79 Å². The molecule has 34 heavy (non-hydrogen) atoms. The third kappa shape index (κ3) is 5.84. The molecule has 1 aliphatic heterocycles. The maximum atomic E-state index is 12.2. The predicted octanol–water partition coefficient (Wildman–Crippen LogP) is 4.51. The van der Waals surface area contributed by atoms with E-state index in [9.17, 15) is 4.79 Å². The van der Waals surface area contributed by atoms with Gasteiger partial charge in [-0.05, 0) is 55.5 Å². The van der Waals surface area contributed by atoms with E-state index in [-0.39, 0.29) is 5.97 Å². The van der Waals surface area contributed by atoms with Gasteiger partial charge in [0.05, 0.1) is 12.1 Å². The highest BCUT2D eigenvalue weighted by Crippen LogP contribution is 2.22. The minimum absolute atomic E-state index is 0.351. The molecule has 0 radical (unpaired) electrons. The Morgan fingerprint density at radius 2 is 1.68 bits per heavy atom. The number of carbonyl (C=O) groups excluding carboxylic acids is 1. The summed E-state index contributed by atoms with van der Waals surface area (Å²) in [6.07, 6.45) is 1.80. The van der Waals surface area contributed by atoms with Crippen molar-refractivity contribution >= 4 is 17.4 Å². The first kappa shape index (κ1) is 23.1. The molecule has 2 heterocycles. The lowest BCUT2D eigenvalue weighted by Gasteiger charge is -2.38. The summed E-state index contributed by atoms with van der Waals surface area (Å²) in [5, 5.41) is 3.38. The molecule has 0 amide bonds. The average molecular weight is 455 g/mol. The molecule has 0 spiro atoms. The zero-order chi connectivity index (χ0) is 23.9. The molecule has 0 unspecified atom stereocenters. The van der Waals surface area contributed by atoms with Crippen molar-refractivity contribution in [1.29, 1.82) is 0 Å². The van der Waals surface area contributed by atoms with Crippen LogP contribution < -0.4 is 15.0 Å². The van der Waals surface area contributed by atoms with Crippen LogP contribution in [0.15, 0.2) is 91.8 Å². The van der Waals surface area contributed by atoms with Crippen molar-refractivity contribution < 1.29 is 9.53 Å². The highest BCUT2D eigenvalue weighted by Gasteiger charge is 2.18. The second-order valence-electron chi connectivity index (χ2n) is 8.31. The molecule has 0 atom stereocenters. The highest BCUT2D eigenvalue weighted by molar-refractivity contribution is 5.91. The van der Waals surface area contributed by atoms with Crippen LogP contribution in [0.4, 0.5) is 5.69 Å². The number of hydrogen-bond acceptors (Lipinski definition) is 6. The first-order valence-electron chi connectivity index (χ1n) is 11.4. The minimum Gasteiger partial charge on any atom is -0.423 e. The standard InChI is InChI=1S/C28H30N4O2/c1-21-19-25(13-14-29-21)23(3)30-20-22(2)31-15-17-32(18-16-31)26-9-11-27(12-10-26)34-28(33)24-7-5-4-6-8-24/h4-14,19,30H,2-3,15-18,20H2,1H3. The second-order valence-corrected chi connectivity index (χ2v) is 8.31. The van der Waals surface area contributed by atoms with E-state index < -0.39 is 0 Å². The fourth-order valence-electron chi connectivity index (χ4n) is 3.90. The van der Waals surface area contributed by atoms with E-state index in [1.54, 1.807) is 18.3 Å². The van der Waals surface area contributed by atoms with Gasteiger partial charge in [-0.2, -0.15) is 0 Å². The summed E-state index contributed by atoms with van der Waals surface area (Å²) in [5.41, 5.74) is 5.59. The third-order valence-corrected chi connectivity index (χ3v) is 5.90. The summed E-state index contributed by atoms with van der Waals surface area (Å²) < 4.78 is 5.48. The number of esters is 1. The van der Waals surface area contributed by atoms with Crippen LogP contribution in [0.2, 0.25) is 0 Å². The normalized spacial score (nSPS) is 13.3. The number of nitrogens with zero attached hydrogens (tertiary/aromatic N) is 3. The van der Waals surface area contributed by atoms with E-state index in [1.807, 2.05) is 61.5 Å². The van der Waals surface area contributed by atoms with Crippen molar-refractivity contribution in [1.82, 2.24) is 15.2 Å². The molecule has 6 heteroatoms. The van der Waals surface area contributed by atoms with Crippen LogP contribution in [0.1, 0.15) is 21.6 Å². The van der Waals surface area contributed by atoms with Crippen LogP contribution in [-0.2, 0) is 0 Å². The zero-order valence-corrected chi connectivity index (χ0v) is 19.5. The van der Waals surface area contributed by atoms with E-state index >= 15 is 0 Å². The summed E-state index contributed by atoms with van der Waals surface area (Å²) >= 11 is 0. The minimum atomic E-state index is -0.351. The summed E-state index contributed by atoms with van der Waals surface area (Å²) in [6.45, 7) is 14.6. The van der Waals surface area contributed by atoms with Gasteiger partial charge in [-0.1, -0.05) is 31.4 Å². The number of rotatable bonds is 8. The Labute approximate surface area is 201 Å². The van der Waals surface area contributed by atoms with Crippen LogP contribution in [-0.4, -0.2) is 48.6 Å². The van der Waals surface area contributed by atoms with Crippen LogP contribution in [0.5, 0.6) is 5.75 Å². The lowest BCUT2D eigenvalue weighted by atomic mass is 10.2. The Morgan fingerprint density at radius 3 is 2.35 bits per heavy atom. The van der Waals surface area contributed by atoms with Crippen LogP contribution >= 0.6 is 0 Å². The van der Waals surface area contributed by atoms with E-state index in [0.717, 1.165) is 54.5 Å². The number of benzene rings is 2. The molecule has 1 aromatic heterocycles. The Balaban J connectivity index is 1.24. The van der Waals surface area contributed by atoms with Crippen LogP contribution in [0.3, 0.4) is 0 Å². The molecule has 0 bridgehead atoms. The van der Waals surface area contributed by atoms with Gasteiger partial charge in [-0.3, -0.25) is 4.98 Å². The van der Waals surface area contributed by atoms with Crippen LogP contribution in [0.25, 0.3) is 5.70 Å². The SMILES string of the molecule is C=C(NCC(=C)N1CCN(c2ccc(OC(=O)c3ccccc3)cc2)CC1)c1ccnc(C)c1. The Morgan fingerprint density at radius 1 is 0.971 bits per heavy atom. The van der Waals surface area contributed by atoms with Gasteiger partial charge in [0.25, 0.3) is 0 Å². The van der Waals surface area contributed by atoms with Crippen molar-refractivity contribution in [3.8, 4) is 5.75 Å². The molecule has 1 aliphatic rings. The van der Waals surface area contributed by atoms with Crippen molar-refractivity contribution in [3.05, 3.63) is 109 Å². The van der Waals surface area contributed by atoms with Gasteiger partial charge in [0.1, 0.15) is 5.75 Å². The Kier molecular flexibility index (Phi) is 7.28. The summed E-state index contributed by atoms with van der Waals surface area (Å²) in [7, 11) is 0. The van der Waals surface area contributed by atoms with E-state index in [1.165, 1.54) is 0 Å². The maximum absolute atomic E-state index is 12.2. The first-order valence-corrected chi connectivity index (χ1v) is 11.4. The molecule has 1 N–H and O–H groups in total. The van der Waals surface area contributed by atoms with Crippen molar-refractivity contribution in [2.45, 2.75) is 6.92 Å². The van der Waals surface area contributed by atoms with Gasteiger partial charge in [0.15, 0.2) is 0 Å². The molecule has 0 aliphatic carbocycles. The molecule has 2 aromatic carbocycles. The number of aryl methyl sites for hydroxylation is 1. The van der Waals surface area contributed by atoms with E-state index in [2.05, 4.69) is 33.3 Å². The topological polar surface area (TPSA) is 57.7 Å². The molecule has 0 saturated carbocycles. The van der Waals surface area contributed by atoms with E-state index in [0.29, 0.717) is 17.9 Å². The smallest absolute Gasteiger partial charge is 0.343 e. The van der Waals surface area contributed by atoms with Gasteiger partial charge < -0.3 is 19.9 Å². The number of piperazine rings is 1. The van der Waals surface area contributed by atoms with Gasteiger partial charge in [-0.15, -0.1) is 0 Å². The first-order chi connectivity index (χ1) is 16.5. The molecular weight excluding hydrogens is 424 g/mol. The molecular formula is C28H30N4O2. The average Bonchev–Trinajstić information content (AvgIpc) is 2.88. The van der Waals surface area contributed by atoms with Crippen molar-refractivity contribution in [2.75, 3.05) is 37.6 Å². The van der Waals surface area contributed by atoms with Gasteiger partial charge in [0, 0.05) is 60.7 Å². The van der Waals surface area contributed by atoms with Crippen LogP contribution in [0, 0.1) is 6.92 Å². The fraction of sp³-hybridized carbons (Fsp3) is 0.214. The predicted molar refractivity (Wildman–Crippen MR) is 137 cm³/mol.